The molecule has 2 aromatic rings. The van der Waals surface area contributed by atoms with Crippen LogP contribution in [-0.2, 0) is 24.8 Å². The highest BCUT2D eigenvalue weighted by Crippen LogP contribution is 2.26. The van der Waals surface area contributed by atoms with E-state index in [0.717, 1.165) is 12.1 Å². The lowest BCUT2D eigenvalue weighted by atomic mass is 9.98. The first-order chi connectivity index (χ1) is 12.0. The third kappa shape index (κ3) is 2.95. The molecule has 1 aliphatic rings. The zero-order valence-corrected chi connectivity index (χ0v) is 15.3. The van der Waals surface area contributed by atoms with Crippen molar-refractivity contribution in [3.05, 3.63) is 57.9 Å². The topological polar surface area (TPSA) is 51.5 Å². The molecule has 0 fully saturated rings. The lowest BCUT2D eigenvalue weighted by Gasteiger charge is -2.29. The number of fused-ring (bicyclic) bond motifs is 1. The van der Waals surface area contributed by atoms with Crippen LogP contribution in [0.4, 0.5) is 0 Å². The third-order valence-corrected chi connectivity index (χ3v) is 5.03. The van der Waals surface area contributed by atoms with E-state index in [2.05, 4.69) is 12.1 Å². The highest BCUT2D eigenvalue weighted by atomic mass is 16.5. The number of esters is 1. The van der Waals surface area contributed by atoms with Crippen molar-refractivity contribution < 1.29 is 14.3 Å². The van der Waals surface area contributed by atoms with Crippen molar-refractivity contribution in [1.82, 2.24) is 9.47 Å². The molecule has 0 atom stereocenters. The maximum Gasteiger partial charge on any atom is 0.355 e. The van der Waals surface area contributed by atoms with Crippen molar-refractivity contribution >= 4 is 11.9 Å². The number of carbonyl (C=O) groups excluding carboxylic acids is 2. The number of amides is 1. The van der Waals surface area contributed by atoms with Gasteiger partial charge in [-0.15, -0.1) is 0 Å². The second kappa shape index (κ2) is 6.75. The van der Waals surface area contributed by atoms with Crippen LogP contribution in [0.2, 0.25) is 0 Å². The Labute approximate surface area is 148 Å². The fraction of sp³-hybridized carbons (Fsp3) is 0.400. The zero-order chi connectivity index (χ0) is 18.1. The molecule has 0 radical (unpaired) electrons. The Morgan fingerprint density at radius 1 is 1.16 bits per heavy atom. The summed E-state index contributed by atoms with van der Waals surface area (Å²) in [5, 5.41) is 0. The summed E-state index contributed by atoms with van der Waals surface area (Å²) in [6.45, 7) is 7.09. The highest BCUT2D eigenvalue weighted by molar-refractivity contribution is 6.01. The fourth-order valence-electron chi connectivity index (χ4n) is 3.61. The van der Waals surface area contributed by atoms with Gasteiger partial charge in [-0.3, -0.25) is 4.79 Å². The number of hydrogen-bond acceptors (Lipinski definition) is 3. The van der Waals surface area contributed by atoms with Crippen molar-refractivity contribution in [2.24, 2.45) is 7.05 Å². The molecule has 0 saturated heterocycles. The summed E-state index contributed by atoms with van der Waals surface area (Å²) in [6.07, 6.45) is 0.859. The van der Waals surface area contributed by atoms with Crippen LogP contribution in [0.15, 0.2) is 24.3 Å². The lowest BCUT2D eigenvalue weighted by molar-refractivity contribution is 0.0514. The second-order valence-electron chi connectivity index (χ2n) is 6.46. The molecule has 1 aliphatic heterocycles. The van der Waals surface area contributed by atoms with Gasteiger partial charge in [-0.1, -0.05) is 24.3 Å². The Morgan fingerprint density at radius 3 is 2.52 bits per heavy atom. The minimum absolute atomic E-state index is 0.0179. The van der Waals surface area contributed by atoms with Crippen molar-refractivity contribution in [1.29, 1.82) is 0 Å². The summed E-state index contributed by atoms with van der Waals surface area (Å²) >= 11 is 0. The number of benzene rings is 1. The smallest absolute Gasteiger partial charge is 0.355 e. The molecule has 132 valence electrons. The summed E-state index contributed by atoms with van der Waals surface area (Å²) in [5.74, 6) is -0.399. The zero-order valence-electron chi connectivity index (χ0n) is 15.3. The van der Waals surface area contributed by atoms with Gasteiger partial charge in [0.05, 0.1) is 12.2 Å². The van der Waals surface area contributed by atoms with Gasteiger partial charge < -0.3 is 14.2 Å². The lowest BCUT2D eigenvalue weighted by Crippen LogP contribution is -2.36. The van der Waals surface area contributed by atoms with Crippen molar-refractivity contribution in [3.63, 3.8) is 0 Å². The first kappa shape index (κ1) is 17.3. The van der Waals surface area contributed by atoms with E-state index in [0.29, 0.717) is 36.5 Å². The minimum Gasteiger partial charge on any atom is -0.461 e. The van der Waals surface area contributed by atoms with E-state index in [1.165, 1.54) is 11.1 Å². The van der Waals surface area contributed by atoms with Crippen molar-refractivity contribution in [2.75, 3.05) is 13.2 Å². The Kier molecular flexibility index (Phi) is 4.66. The van der Waals surface area contributed by atoms with E-state index in [1.54, 1.807) is 18.5 Å². The quantitative estimate of drug-likeness (QED) is 0.807. The standard InChI is InChI=1S/C20H24N2O3/c1-5-25-20(24)18-13(2)17(14(3)21(18)4)19(23)22-11-10-15-8-6-7-9-16(15)12-22/h6-9H,5,10-12H2,1-4H3. The van der Waals surface area contributed by atoms with Crippen LogP contribution in [0.25, 0.3) is 0 Å². The number of nitrogens with zero attached hydrogens (tertiary/aromatic N) is 2. The van der Waals surface area contributed by atoms with E-state index in [1.807, 2.05) is 30.9 Å². The number of carbonyl (C=O) groups is 2. The molecular weight excluding hydrogens is 316 g/mol. The highest BCUT2D eigenvalue weighted by Gasteiger charge is 2.29. The SMILES string of the molecule is CCOC(=O)c1c(C)c(C(=O)N2CCc3ccccc3C2)c(C)n1C. The Balaban J connectivity index is 1.93. The van der Waals surface area contributed by atoms with E-state index in [-0.39, 0.29) is 11.9 Å². The van der Waals surface area contributed by atoms with Crippen LogP contribution < -0.4 is 0 Å². The van der Waals surface area contributed by atoms with E-state index >= 15 is 0 Å². The molecule has 3 rings (SSSR count). The van der Waals surface area contributed by atoms with Crippen LogP contribution in [0.3, 0.4) is 0 Å². The van der Waals surface area contributed by atoms with Crippen LogP contribution in [0.5, 0.6) is 0 Å². The molecule has 1 aromatic heterocycles. The molecular formula is C20H24N2O3. The van der Waals surface area contributed by atoms with Crippen LogP contribution in [0, 0.1) is 13.8 Å². The average Bonchev–Trinajstić information content (AvgIpc) is 2.83. The van der Waals surface area contributed by atoms with Gasteiger partial charge in [-0.2, -0.15) is 0 Å². The maximum absolute atomic E-state index is 13.2. The summed E-state index contributed by atoms with van der Waals surface area (Å²) in [6, 6.07) is 8.23. The average molecular weight is 340 g/mol. The van der Waals surface area contributed by atoms with Gasteiger partial charge in [-0.05, 0) is 43.9 Å². The number of hydrogen-bond donors (Lipinski definition) is 0. The largest absolute Gasteiger partial charge is 0.461 e. The monoisotopic (exact) mass is 340 g/mol. The van der Waals surface area contributed by atoms with E-state index < -0.39 is 0 Å². The predicted molar refractivity (Wildman–Crippen MR) is 95.7 cm³/mol. The molecule has 2 heterocycles. The molecule has 25 heavy (non-hydrogen) atoms. The number of rotatable bonds is 3. The molecule has 0 aliphatic carbocycles. The predicted octanol–water partition coefficient (Wildman–Crippen LogP) is 3.02. The van der Waals surface area contributed by atoms with Crippen LogP contribution >= 0.6 is 0 Å². The molecule has 1 amide bonds. The van der Waals surface area contributed by atoms with Crippen LogP contribution in [0.1, 0.15) is 50.2 Å². The van der Waals surface area contributed by atoms with Gasteiger partial charge >= 0.3 is 5.97 Å². The first-order valence-electron chi connectivity index (χ1n) is 8.64. The van der Waals surface area contributed by atoms with Gasteiger partial charge in [0.15, 0.2) is 0 Å². The Bertz CT molecular complexity index is 836. The van der Waals surface area contributed by atoms with Gasteiger partial charge in [0, 0.05) is 25.8 Å². The summed E-state index contributed by atoms with van der Waals surface area (Å²) in [7, 11) is 1.80. The van der Waals surface area contributed by atoms with Gasteiger partial charge in [0.1, 0.15) is 5.69 Å². The fourth-order valence-corrected chi connectivity index (χ4v) is 3.61. The molecule has 5 heteroatoms. The van der Waals surface area contributed by atoms with E-state index in [4.69, 9.17) is 4.74 Å². The molecule has 1 aromatic carbocycles. The number of ether oxygens (including phenoxy) is 1. The Hall–Kier alpha value is -2.56. The third-order valence-electron chi connectivity index (χ3n) is 5.03. The summed E-state index contributed by atoms with van der Waals surface area (Å²) < 4.78 is 6.91. The van der Waals surface area contributed by atoms with Crippen molar-refractivity contribution in [2.45, 2.75) is 33.7 Å². The maximum atomic E-state index is 13.2. The van der Waals surface area contributed by atoms with Gasteiger partial charge in [-0.25, -0.2) is 4.79 Å². The molecule has 0 spiro atoms. The number of aromatic nitrogens is 1. The van der Waals surface area contributed by atoms with Crippen LogP contribution in [-0.4, -0.2) is 34.5 Å². The molecule has 0 saturated carbocycles. The second-order valence-corrected chi connectivity index (χ2v) is 6.46. The summed E-state index contributed by atoms with van der Waals surface area (Å²) in [5.41, 5.74) is 5.07. The summed E-state index contributed by atoms with van der Waals surface area (Å²) in [4.78, 5) is 27.3. The van der Waals surface area contributed by atoms with Gasteiger partial charge in [0.25, 0.3) is 5.91 Å². The molecule has 0 unspecified atom stereocenters. The first-order valence-corrected chi connectivity index (χ1v) is 8.64. The Morgan fingerprint density at radius 2 is 1.84 bits per heavy atom. The van der Waals surface area contributed by atoms with Gasteiger partial charge in [0.2, 0.25) is 0 Å². The minimum atomic E-state index is -0.381. The van der Waals surface area contributed by atoms with E-state index in [9.17, 15) is 9.59 Å². The normalized spacial score (nSPS) is 13.5. The van der Waals surface area contributed by atoms with Crippen molar-refractivity contribution in [3.8, 4) is 0 Å². The molecule has 0 bridgehead atoms. The molecule has 5 nitrogen and oxygen atoms in total. The molecule has 0 N–H and O–H groups in total.